The third-order valence-corrected chi connectivity index (χ3v) is 4.55. The number of sulfonamides is 1. The van der Waals surface area contributed by atoms with Crippen LogP contribution >= 0.6 is 0 Å². The van der Waals surface area contributed by atoms with Gasteiger partial charge in [0.15, 0.2) is 0 Å². The molecule has 21 heavy (non-hydrogen) atoms. The Morgan fingerprint density at radius 1 is 1.38 bits per heavy atom. The molecule has 1 aromatic carbocycles. The van der Waals surface area contributed by atoms with Gasteiger partial charge in [0.1, 0.15) is 17.3 Å². The van der Waals surface area contributed by atoms with Gasteiger partial charge in [0.05, 0.1) is 0 Å². The monoisotopic (exact) mass is 313 g/mol. The van der Waals surface area contributed by atoms with Crippen molar-refractivity contribution < 1.29 is 17.9 Å². The first-order chi connectivity index (χ1) is 9.72. The van der Waals surface area contributed by atoms with Gasteiger partial charge in [-0.2, -0.15) is 0 Å². The van der Waals surface area contributed by atoms with Crippen molar-refractivity contribution in [3.05, 3.63) is 29.6 Å². The summed E-state index contributed by atoms with van der Waals surface area (Å²) in [5.74, 6) is 4.04. The minimum atomic E-state index is -3.93. The molecule has 0 amide bonds. The molecule has 0 heterocycles. The molecule has 0 aliphatic heterocycles. The first kappa shape index (κ1) is 17.6. The molecule has 0 aliphatic rings. The largest absolute Gasteiger partial charge is 0.384 e. The molecule has 0 saturated carbocycles. The number of halogens is 1. The van der Waals surface area contributed by atoms with Gasteiger partial charge < -0.3 is 5.11 Å². The summed E-state index contributed by atoms with van der Waals surface area (Å²) in [6, 6.07) is 3.64. The predicted molar refractivity (Wildman–Crippen MR) is 79.7 cm³/mol. The van der Waals surface area contributed by atoms with Crippen LogP contribution in [0, 0.1) is 17.7 Å². The Kier molecular flexibility index (Phi) is 5.90. The fourth-order valence-electron chi connectivity index (χ4n) is 2.03. The van der Waals surface area contributed by atoms with Gasteiger partial charge in [0.25, 0.3) is 0 Å². The number of aliphatic hydroxyl groups excluding tert-OH is 1. The highest BCUT2D eigenvalue weighted by Crippen LogP contribution is 2.20. The van der Waals surface area contributed by atoms with Crippen molar-refractivity contribution in [2.24, 2.45) is 0 Å². The van der Waals surface area contributed by atoms with E-state index < -0.39 is 26.3 Å². The van der Waals surface area contributed by atoms with Gasteiger partial charge in [-0.1, -0.05) is 25.2 Å². The van der Waals surface area contributed by atoms with Crippen LogP contribution in [0.5, 0.6) is 0 Å². The normalized spacial score (nSPS) is 11.9. The lowest BCUT2D eigenvalue weighted by Crippen LogP contribution is -2.43. The summed E-state index contributed by atoms with van der Waals surface area (Å²) in [5, 5.41) is 8.59. The summed E-state index contributed by atoms with van der Waals surface area (Å²) in [5.41, 5.74) is -0.330. The van der Waals surface area contributed by atoms with Gasteiger partial charge >= 0.3 is 0 Å². The van der Waals surface area contributed by atoms with Crippen LogP contribution in [0.3, 0.4) is 0 Å². The fraction of sp³-hybridized carbons (Fsp3) is 0.467. The maximum absolute atomic E-state index is 14.0. The average molecular weight is 313 g/mol. The quantitative estimate of drug-likeness (QED) is 0.817. The van der Waals surface area contributed by atoms with Crippen molar-refractivity contribution >= 4 is 10.0 Å². The molecule has 0 aromatic heterocycles. The Hall–Kier alpha value is -1.42. The number of hydrogen-bond acceptors (Lipinski definition) is 3. The lowest BCUT2D eigenvalue weighted by atomic mass is 10.0. The lowest BCUT2D eigenvalue weighted by Gasteiger charge is -2.25. The molecule has 0 unspecified atom stereocenters. The smallest absolute Gasteiger partial charge is 0.243 e. The van der Waals surface area contributed by atoms with Crippen LogP contribution in [0.15, 0.2) is 23.1 Å². The van der Waals surface area contributed by atoms with Gasteiger partial charge in [-0.05, 0) is 38.5 Å². The van der Waals surface area contributed by atoms with Crippen LogP contribution < -0.4 is 4.72 Å². The third kappa shape index (κ3) is 5.12. The van der Waals surface area contributed by atoms with Gasteiger partial charge in [-0.3, -0.25) is 0 Å². The van der Waals surface area contributed by atoms with Crippen molar-refractivity contribution in [3.63, 3.8) is 0 Å². The Bertz CT molecular complexity index is 657. The number of hydrogen-bond donors (Lipinski definition) is 2. The molecule has 0 radical (unpaired) electrons. The van der Waals surface area contributed by atoms with Crippen LogP contribution in [-0.2, 0) is 10.0 Å². The average Bonchev–Trinajstić information content (AvgIpc) is 2.34. The van der Waals surface area contributed by atoms with E-state index >= 15 is 0 Å². The molecule has 6 heteroatoms. The third-order valence-electron chi connectivity index (χ3n) is 2.82. The van der Waals surface area contributed by atoms with Crippen molar-refractivity contribution in [2.45, 2.75) is 44.0 Å². The van der Waals surface area contributed by atoms with E-state index in [2.05, 4.69) is 16.6 Å². The van der Waals surface area contributed by atoms with Crippen LogP contribution in [0.4, 0.5) is 4.39 Å². The maximum Gasteiger partial charge on any atom is 0.243 e. The zero-order valence-corrected chi connectivity index (χ0v) is 13.2. The Morgan fingerprint density at radius 3 is 2.57 bits per heavy atom. The summed E-state index contributed by atoms with van der Waals surface area (Å²) in [7, 11) is -3.93. The van der Waals surface area contributed by atoms with Gasteiger partial charge in [0.2, 0.25) is 10.0 Å². The minimum Gasteiger partial charge on any atom is -0.384 e. The Balaban J connectivity index is 3.10. The molecule has 2 N–H and O–H groups in total. The molecule has 0 spiro atoms. The second-order valence-electron chi connectivity index (χ2n) is 5.34. The first-order valence-corrected chi connectivity index (χ1v) is 8.13. The van der Waals surface area contributed by atoms with E-state index in [0.717, 1.165) is 12.5 Å². The molecular formula is C15H20FNO3S. The standard InChI is InChI=1S/C15H20FNO3S/c1-4-9-15(2,3)17-21(19,20)14-8-7-12(6-5-10-18)11-13(14)16/h7-8,11,17-18H,4,9-10H2,1-3H3. The van der Waals surface area contributed by atoms with E-state index in [-0.39, 0.29) is 6.61 Å². The summed E-state index contributed by atoms with van der Waals surface area (Å²) >= 11 is 0. The highest BCUT2D eigenvalue weighted by molar-refractivity contribution is 7.89. The second-order valence-corrected chi connectivity index (χ2v) is 7.00. The van der Waals surface area contributed by atoms with Gasteiger partial charge in [-0.15, -0.1) is 0 Å². The minimum absolute atomic E-state index is 0.313. The number of rotatable bonds is 5. The Morgan fingerprint density at radius 2 is 2.05 bits per heavy atom. The highest BCUT2D eigenvalue weighted by atomic mass is 32.2. The summed E-state index contributed by atoms with van der Waals surface area (Å²) in [4.78, 5) is -0.402. The van der Waals surface area contributed by atoms with E-state index in [1.165, 1.54) is 12.1 Å². The predicted octanol–water partition coefficient (Wildman–Crippen LogP) is 2.03. The molecule has 116 valence electrons. The van der Waals surface area contributed by atoms with Gasteiger partial charge in [-0.25, -0.2) is 17.5 Å². The van der Waals surface area contributed by atoms with E-state index in [0.29, 0.717) is 12.0 Å². The number of benzene rings is 1. The molecule has 0 aliphatic carbocycles. The molecule has 0 atom stereocenters. The fourth-order valence-corrected chi connectivity index (χ4v) is 3.54. The van der Waals surface area contributed by atoms with E-state index in [4.69, 9.17) is 5.11 Å². The topological polar surface area (TPSA) is 66.4 Å². The van der Waals surface area contributed by atoms with Crippen LogP contribution in [0.25, 0.3) is 0 Å². The van der Waals surface area contributed by atoms with Gasteiger partial charge in [0, 0.05) is 11.1 Å². The first-order valence-electron chi connectivity index (χ1n) is 6.65. The number of nitrogens with one attached hydrogen (secondary N) is 1. The second kappa shape index (κ2) is 7.03. The van der Waals surface area contributed by atoms with Crippen molar-refractivity contribution in [2.75, 3.05) is 6.61 Å². The summed E-state index contributed by atoms with van der Waals surface area (Å²) in [6.07, 6.45) is 1.46. The zero-order valence-electron chi connectivity index (χ0n) is 12.4. The molecule has 4 nitrogen and oxygen atoms in total. The molecule has 0 bridgehead atoms. The van der Waals surface area contributed by atoms with E-state index in [9.17, 15) is 12.8 Å². The Labute approximate surface area is 125 Å². The lowest BCUT2D eigenvalue weighted by molar-refractivity contribution is 0.350. The van der Waals surface area contributed by atoms with Crippen LogP contribution in [0.2, 0.25) is 0 Å². The van der Waals surface area contributed by atoms with E-state index in [1.54, 1.807) is 13.8 Å². The van der Waals surface area contributed by atoms with Crippen LogP contribution in [0.1, 0.15) is 39.2 Å². The summed E-state index contributed by atoms with van der Waals surface area (Å²) in [6.45, 7) is 5.12. The number of aliphatic hydroxyl groups is 1. The molecule has 1 aromatic rings. The molecular weight excluding hydrogens is 293 g/mol. The van der Waals surface area contributed by atoms with Crippen molar-refractivity contribution in [1.29, 1.82) is 0 Å². The zero-order chi connectivity index (χ0) is 16.1. The summed E-state index contributed by atoms with van der Waals surface area (Å²) < 4.78 is 41.0. The maximum atomic E-state index is 14.0. The highest BCUT2D eigenvalue weighted by Gasteiger charge is 2.27. The molecule has 0 fully saturated rings. The van der Waals surface area contributed by atoms with Crippen LogP contribution in [-0.4, -0.2) is 25.7 Å². The molecule has 0 saturated heterocycles. The van der Waals surface area contributed by atoms with Crippen molar-refractivity contribution in [1.82, 2.24) is 4.72 Å². The van der Waals surface area contributed by atoms with Crippen molar-refractivity contribution in [3.8, 4) is 11.8 Å². The SMILES string of the molecule is CCCC(C)(C)NS(=O)(=O)c1ccc(C#CCO)cc1F. The molecule has 1 rings (SSSR count). The van der Waals surface area contributed by atoms with E-state index in [1.807, 2.05) is 6.92 Å².